The van der Waals surface area contributed by atoms with Crippen molar-refractivity contribution in [3.05, 3.63) is 34.5 Å². The van der Waals surface area contributed by atoms with E-state index < -0.39 is 5.97 Å². The van der Waals surface area contributed by atoms with Crippen LogP contribution in [0, 0.1) is 6.92 Å². The summed E-state index contributed by atoms with van der Waals surface area (Å²) in [5.41, 5.74) is 4.74. The molecule has 4 heteroatoms. The Morgan fingerprint density at radius 3 is 2.80 bits per heavy atom. The first kappa shape index (κ1) is 13.2. The number of likely N-dealkylation sites (N-methyl/N-ethyl adjacent to an activating group) is 1. The number of benzene rings is 1. The van der Waals surface area contributed by atoms with Gasteiger partial charge in [-0.3, -0.25) is 4.90 Å². The molecule has 0 radical (unpaired) electrons. The van der Waals surface area contributed by atoms with Gasteiger partial charge in [-0.05, 0) is 24.6 Å². The van der Waals surface area contributed by atoms with Crippen molar-refractivity contribution in [3.8, 4) is 0 Å². The van der Waals surface area contributed by atoms with E-state index in [1.54, 1.807) is 0 Å². The third-order valence-corrected chi connectivity index (χ3v) is 4.51. The van der Waals surface area contributed by atoms with Crippen LogP contribution in [0.3, 0.4) is 0 Å². The van der Waals surface area contributed by atoms with Gasteiger partial charge in [-0.2, -0.15) is 0 Å². The Bertz CT molecular complexity index is 700. The van der Waals surface area contributed by atoms with Crippen LogP contribution in [0.4, 0.5) is 0 Å². The molecule has 0 aliphatic carbocycles. The molecule has 2 aromatic rings. The Morgan fingerprint density at radius 2 is 2.15 bits per heavy atom. The fourth-order valence-corrected chi connectivity index (χ4v) is 3.38. The molecule has 0 saturated heterocycles. The van der Waals surface area contributed by atoms with Crippen molar-refractivity contribution in [2.45, 2.75) is 26.8 Å². The van der Waals surface area contributed by atoms with Crippen LogP contribution in [0.25, 0.3) is 10.9 Å². The van der Waals surface area contributed by atoms with Crippen molar-refractivity contribution >= 4 is 16.9 Å². The topological polar surface area (TPSA) is 45.5 Å². The fraction of sp³-hybridized carbons (Fsp3) is 0.438. The van der Waals surface area contributed by atoms with Gasteiger partial charge >= 0.3 is 5.97 Å². The summed E-state index contributed by atoms with van der Waals surface area (Å²) in [6.45, 7) is 7.05. The van der Waals surface area contributed by atoms with Gasteiger partial charge < -0.3 is 9.67 Å². The summed E-state index contributed by atoms with van der Waals surface area (Å²) in [6.07, 6.45) is 0.993. The van der Waals surface area contributed by atoms with Crippen LogP contribution < -0.4 is 0 Å². The predicted octanol–water partition coefficient (Wildman–Crippen LogP) is 2.56. The lowest BCUT2D eigenvalue weighted by atomic mass is 10.0. The molecule has 20 heavy (non-hydrogen) atoms. The highest BCUT2D eigenvalue weighted by Gasteiger charge is 2.25. The van der Waals surface area contributed by atoms with Gasteiger partial charge in [-0.1, -0.05) is 19.1 Å². The van der Waals surface area contributed by atoms with Gasteiger partial charge in [0.1, 0.15) is 0 Å². The molecule has 3 rings (SSSR count). The molecule has 0 atom stereocenters. The number of aromatic carboxylic acids is 1. The van der Waals surface area contributed by atoms with Gasteiger partial charge in [-0.25, -0.2) is 4.79 Å². The maximum Gasteiger partial charge on any atom is 0.338 e. The highest BCUT2D eigenvalue weighted by atomic mass is 16.4. The molecule has 0 saturated carbocycles. The van der Waals surface area contributed by atoms with Gasteiger partial charge in [-0.15, -0.1) is 0 Å². The maximum atomic E-state index is 11.6. The summed E-state index contributed by atoms with van der Waals surface area (Å²) >= 11 is 0. The number of hydrogen-bond acceptors (Lipinski definition) is 2. The SMILES string of the molecule is CCN1CCc2c(c3ccc(C)c(C(=O)O)c3n2C)C1. The van der Waals surface area contributed by atoms with Crippen LogP contribution >= 0.6 is 0 Å². The van der Waals surface area contributed by atoms with E-state index in [1.807, 2.05) is 20.0 Å². The molecule has 1 aromatic carbocycles. The maximum absolute atomic E-state index is 11.6. The van der Waals surface area contributed by atoms with E-state index in [2.05, 4.69) is 22.5 Å². The second-order valence-electron chi connectivity index (χ2n) is 5.56. The van der Waals surface area contributed by atoms with Gasteiger partial charge in [0, 0.05) is 37.6 Å². The molecule has 4 nitrogen and oxygen atoms in total. The number of carboxylic acid groups (broad SMARTS) is 1. The Hall–Kier alpha value is -1.81. The van der Waals surface area contributed by atoms with Crippen molar-refractivity contribution in [1.82, 2.24) is 9.47 Å². The zero-order valence-electron chi connectivity index (χ0n) is 12.2. The quantitative estimate of drug-likeness (QED) is 0.914. The second-order valence-corrected chi connectivity index (χ2v) is 5.56. The summed E-state index contributed by atoms with van der Waals surface area (Å²) in [6, 6.07) is 4.01. The first-order valence-electron chi connectivity index (χ1n) is 7.10. The van der Waals surface area contributed by atoms with Crippen molar-refractivity contribution in [2.75, 3.05) is 13.1 Å². The summed E-state index contributed by atoms with van der Waals surface area (Å²) in [4.78, 5) is 14.0. The van der Waals surface area contributed by atoms with Crippen molar-refractivity contribution in [1.29, 1.82) is 0 Å². The van der Waals surface area contributed by atoms with Crippen LogP contribution in [0.5, 0.6) is 0 Å². The van der Waals surface area contributed by atoms with E-state index in [1.165, 1.54) is 11.3 Å². The van der Waals surface area contributed by atoms with E-state index in [9.17, 15) is 9.90 Å². The number of hydrogen-bond donors (Lipinski definition) is 1. The second kappa shape index (κ2) is 4.63. The molecule has 0 fully saturated rings. The van der Waals surface area contributed by atoms with E-state index in [0.717, 1.165) is 42.5 Å². The molecule has 1 aliphatic rings. The number of aromatic nitrogens is 1. The minimum absolute atomic E-state index is 0.447. The van der Waals surface area contributed by atoms with Crippen LogP contribution in [0.1, 0.15) is 34.1 Å². The Labute approximate surface area is 118 Å². The van der Waals surface area contributed by atoms with Crippen molar-refractivity contribution in [3.63, 3.8) is 0 Å². The number of fused-ring (bicyclic) bond motifs is 3. The minimum Gasteiger partial charge on any atom is -0.478 e. The molecule has 0 bridgehead atoms. The molecule has 0 spiro atoms. The highest BCUT2D eigenvalue weighted by Crippen LogP contribution is 2.33. The third kappa shape index (κ3) is 1.75. The third-order valence-electron chi connectivity index (χ3n) is 4.51. The number of carboxylic acids is 1. The monoisotopic (exact) mass is 272 g/mol. The smallest absolute Gasteiger partial charge is 0.338 e. The Balaban J connectivity index is 2.32. The first-order chi connectivity index (χ1) is 9.54. The summed E-state index contributed by atoms with van der Waals surface area (Å²) < 4.78 is 2.09. The lowest BCUT2D eigenvalue weighted by Gasteiger charge is -2.26. The fourth-order valence-electron chi connectivity index (χ4n) is 3.38. The van der Waals surface area contributed by atoms with Gasteiger partial charge in [0.2, 0.25) is 0 Å². The minimum atomic E-state index is -0.835. The summed E-state index contributed by atoms with van der Waals surface area (Å²) in [5, 5.41) is 10.6. The molecular weight excluding hydrogens is 252 g/mol. The highest BCUT2D eigenvalue weighted by molar-refractivity contribution is 6.05. The largest absolute Gasteiger partial charge is 0.478 e. The average molecular weight is 272 g/mol. The number of aryl methyl sites for hydroxylation is 2. The molecule has 2 heterocycles. The molecule has 106 valence electrons. The first-order valence-corrected chi connectivity index (χ1v) is 7.10. The molecule has 1 aliphatic heterocycles. The van der Waals surface area contributed by atoms with Gasteiger partial charge in [0.25, 0.3) is 0 Å². The molecule has 1 aromatic heterocycles. The lowest BCUT2D eigenvalue weighted by Crippen LogP contribution is -2.30. The Morgan fingerprint density at radius 1 is 1.40 bits per heavy atom. The zero-order chi connectivity index (χ0) is 14.4. The molecule has 0 unspecified atom stereocenters. The van der Waals surface area contributed by atoms with Crippen LogP contribution in [-0.2, 0) is 20.0 Å². The standard InChI is InChI=1S/C16H20N2O2/c1-4-18-8-7-13-12(9-18)11-6-5-10(2)14(16(19)20)15(11)17(13)3/h5-6H,4,7-9H2,1-3H3,(H,19,20). The summed E-state index contributed by atoms with van der Waals surface area (Å²) in [5.74, 6) is -0.835. The van der Waals surface area contributed by atoms with Crippen molar-refractivity contribution < 1.29 is 9.90 Å². The number of nitrogens with zero attached hydrogens (tertiary/aromatic N) is 2. The van der Waals surface area contributed by atoms with E-state index >= 15 is 0 Å². The van der Waals surface area contributed by atoms with Gasteiger partial charge in [0.05, 0.1) is 11.1 Å². The number of rotatable bonds is 2. The zero-order valence-corrected chi connectivity index (χ0v) is 12.2. The van der Waals surface area contributed by atoms with E-state index in [-0.39, 0.29) is 0 Å². The average Bonchev–Trinajstić information content (AvgIpc) is 2.71. The van der Waals surface area contributed by atoms with E-state index in [0.29, 0.717) is 5.56 Å². The predicted molar refractivity (Wildman–Crippen MR) is 79.3 cm³/mol. The Kier molecular flexibility index (Phi) is 3.05. The number of carbonyl (C=O) groups is 1. The molecular formula is C16H20N2O2. The molecule has 0 amide bonds. The van der Waals surface area contributed by atoms with Crippen LogP contribution in [-0.4, -0.2) is 33.6 Å². The van der Waals surface area contributed by atoms with Crippen LogP contribution in [0.2, 0.25) is 0 Å². The van der Waals surface area contributed by atoms with Crippen LogP contribution in [0.15, 0.2) is 12.1 Å². The van der Waals surface area contributed by atoms with Crippen molar-refractivity contribution in [2.24, 2.45) is 7.05 Å². The molecule has 1 N–H and O–H groups in total. The summed E-state index contributed by atoms with van der Waals surface area (Å²) in [7, 11) is 1.99. The lowest BCUT2D eigenvalue weighted by molar-refractivity contribution is 0.0698. The normalized spacial score (nSPS) is 15.6. The van der Waals surface area contributed by atoms with Gasteiger partial charge in [0.15, 0.2) is 0 Å². The van der Waals surface area contributed by atoms with E-state index in [4.69, 9.17) is 0 Å².